The third-order valence-electron chi connectivity index (χ3n) is 3.70. The molecule has 6 nitrogen and oxygen atoms in total. The zero-order valence-electron chi connectivity index (χ0n) is 13.4. The first kappa shape index (κ1) is 15.5. The molecule has 0 aliphatic carbocycles. The molecule has 2 aromatic carbocycles. The molecule has 126 valence electrons. The number of amides is 2. The summed E-state index contributed by atoms with van der Waals surface area (Å²) < 4.78 is 10.6. The summed E-state index contributed by atoms with van der Waals surface area (Å²) >= 11 is 1.58. The minimum absolute atomic E-state index is 0.200. The van der Waals surface area contributed by atoms with Gasteiger partial charge in [0.25, 0.3) is 0 Å². The average molecular weight is 353 g/mol. The molecular weight excluding hydrogens is 338 g/mol. The van der Waals surface area contributed by atoms with Crippen molar-refractivity contribution < 1.29 is 14.3 Å². The molecule has 0 saturated carbocycles. The molecule has 0 atom stereocenters. The summed E-state index contributed by atoms with van der Waals surface area (Å²) in [6.45, 7) is 2.15. The molecule has 3 aromatic rings. The van der Waals surface area contributed by atoms with Crippen molar-refractivity contribution in [3.63, 3.8) is 0 Å². The Morgan fingerprint density at radius 3 is 2.80 bits per heavy atom. The van der Waals surface area contributed by atoms with Crippen LogP contribution in [-0.4, -0.2) is 17.8 Å². The molecule has 2 amide bonds. The molecule has 0 spiro atoms. The number of para-hydroxylation sites is 1. The summed E-state index contributed by atoms with van der Waals surface area (Å²) in [5.74, 6) is 1.30. The molecule has 0 saturated heterocycles. The monoisotopic (exact) mass is 353 g/mol. The van der Waals surface area contributed by atoms with Gasteiger partial charge in [-0.1, -0.05) is 18.2 Å². The van der Waals surface area contributed by atoms with Crippen molar-refractivity contribution in [2.45, 2.75) is 6.92 Å². The number of aromatic nitrogens is 1. The second-order valence-electron chi connectivity index (χ2n) is 5.44. The Morgan fingerprint density at radius 2 is 1.96 bits per heavy atom. The van der Waals surface area contributed by atoms with Crippen LogP contribution in [0.15, 0.2) is 47.8 Å². The number of nitrogens with one attached hydrogen (secondary N) is 2. The summed E-state index contributed by atoms with van der Waals surface area (Å²) in [5, 5.41) is 8.64. The van der Waals surface area contributed by atoms with Crippen molar-refractivity contribution in [3.05, 3.63) is 52.9 Å². The molecule has 2 heterocycles. The summed E-state index contributed by atoms with van der Waals surface area (Å²) in [5.41, 5.74) is 3.06. The largest absolute Gasteiger partial charge is 0.454 e. The Hall–Kier alpha value is -3.06. The minimum atomic E-state index is -0.335. The van der Waals surface area contributed by atoms with E-state index in [0.717, 1.165) is 16.3 Å². The topological polar surface area (TPSA) is 72.5 Å². The maximum Gasteiger partial charge on any atom is 0.323 e. The smallest absolute Gasteiger partial charge is 0.323 e. The van der Waals surface area contributed by atoms with Gasteiger partial charge in [0, 0.05) is 22.7 Å². The van der Waals surface area contributed by atoms with Crippen molar-refractivity contribution >= 4 is 28.7 Å². The minimum Gasteiger partial charge on any atom is -0.454 e. The fraction of sp³-hybridized carbons (Fsp3) is 0.111. The molecule has 2 N–H and O–H groups in total. The molecular formula is C18H15N3O3S. The third-order valence-corrected chi connectivity index (χ3v) is 4.47. The first-order valence-corrected chi connectivity index (χ1v) is 8.56. The summed E-state index contributed by atoms with van der Waals surface area (Å²) in [7, 11) is 0. The van der Waals surface area contributed by atoms with Gasteiger partial charge in [0.1, 0.15) is 0 Å². The van der Waals surface area contributed by atoms with Gasteiger partial charge in [0.15, 0.2) is 11.5 Å². The van der Waals surface area contributed by atoms with E-state index in [1.807, 2.05) is 36.6 Å². The van der Waals surface area contributed by atoms with Gasteiger partial charge in [0.05, 0.1) is 16.4 Å². The summed E-state index contributed by atoms with van der Waals surface area (Å²) in [4.78, 5) is 16.8. The van der Waals surface area contributed by atoms with Crippen LogP contribution in [0.3, 0.4) is 0 Å². The number of thiazole rings is 1. The standard InChI is InChI=1S/C18H15N3O3S/c1-11-19-15(9-25-11)13-4-2-3-5-14(13)21-18(22)20-12-6-7-16-17(8-12)24-10-23-16/h2-9H,10H2,1H3,(H2,20,21,22). The molecule has 1 aromatic heterocycles. The Kier molecular flexibility index (Phi) is 3.99. The van der Waals surface area contributed by atoms with Crippen molar-refractivity contribution in [1.82, 2.24) is 4.98 Å². The van der Waals surface area contributed by atoms with Crippen molar-refractivity contribution in [1.29, 1.82) is 0 Å². The first-order valence-electron chi connectivity index (χ1n) is 7.68. The Balaban J connectivity index is 1.51. The van der Waals surface area contributed by atoms with Crippen LogP contribution in [0.1, 0.15) is 5.01 Å². The summed E-state index contributed by atoms with van der Waals surface area (Å²) in [6.07, 6.45) is 0. The Labute approximate surface area is 148 Å². The number of carbonyl (C=O) groups is 1. The normalized spacial score (nSPS) is 12.0. The molecule has 0 fully saturated rings. The predicted octanol–water partition coefficient (Wildman–Crippen LogP) is 4.49. The lowest BCUT2D eigenvalue weighted by molar-refractivity contribution is 0.174. The molecule has 0 radical (unpaired) electrons. The number of carbonyl (C=O) groups excluding carboxylic acids is 1. The fourth-order valence-corrected chi connectivity index (χ4v) is 3.17. The van der Waals surface area contributed by atoms with Crippen LogP contribution in [0.4, 0.5) is 16.2 Å². The van der Waals surface area contributed by atoms with Crippen LogP contribution in [-0.2, 0) is 0 Å². The number of fused-ring (bicyclic) bond motifs is 1. The van der Waals surface area contributed by atoms with E-state index in [2.05, 4.69) is 15.6 Å². The average Bonchev–Trinajstić information content (AvgIpc) is 3.23. The first-order chi connectivity index (χ1) is 12.2. The van der Waals surface area contributed by atoms with Crippen LogP contribution < -0.4 is 20.1 Å². The Bertz CT molecular complexity index is 939. The molecule has 1 aliphatic heterocycles. The predicted molar refractivity (Wildman–Crippen MR) is 97.5 cm³/mol. The number of rotatable bonds is 3. The van der Waals surface area contributed by atoms with Crippen LogP contribution in [0, 0.1) is 6.92 Å². The lowest BCUT2D eigenvalue weighted by atomic mass is 10.1. The van der Waals surface area contributed by atoms with Gasteiger partial charge in [-0.2, -0.15) is 0 Å². The maximum absolute atomic E-state index is 12.4. The fourth-order valence-electron chi connectivity index (χ4n) is 2.56. The number of urea groups is 1. The zero-order valence-corrected chi connectivity index (χ0v) is 14.2. The molecule has 1 aliphatic rings. The maximum atomic E-state index is 12.4. The molecule has 0 unspecified atom stereocenters. The zero-order chi connectivity index (χ0) is 17.2. The Morgan fingerprint density at radius 1 is 1.12 bits per heavy atom. The highest BCUT2D eigenvalue weighted by Gasteiger charge is 2.15. The van der Waals surface area contributed by atoms with E-state index in [4.69, 9.17) is 9.47 Å². The number of nitrogens with zero attached hydrogens (tertiary/aromatic N) is 1. The second kappa shape index (κ2) is 6.45. The van der Waals surface area contributed by atoms with Gasteiger partial charge in [-0.25, -0.2) is 9.78 Å². The van der Waals surface area contributed by atoms with Gasteiger partial charge < -0.3 is 20.1 Å². The van der Waals surface area contributed by atoms with Gasteiger partial charge in [0.2, 0.25) is 6.79 Å². The van der Waals surface area contributed by atoms with Crippen LogP contribution in [0.5, 0.6) is 11.5 Å². The highest BCUT2D eigenvalue weighted by molar-refractivity contribution is 7.09. The number of aryl methyl sites for hydroxylation is 1. The molecule has 25 heavy (non-hydrogen) atoms. The van der Waals surface area contributed by atoms with Crippen LogP contribution in [0.25, 0.3) is 11.3 Å². The van der Waals surface area contributed by atoms with Gasteiger partial charge in [-0.3, -0.25) is 0 Å². The number of benzene rings is 2. The van der Waals surface area contributed by atoms with Crippen molar-refractivity contribution in [2.75, 3.05) is 17.4 Å². The third kappa shape index (κ3) is 3.27. The quantitative estimate of drug-likeness (QED) is 0.728. The number of hydrogen-bond donors (Lipinski definition) is 2. The molecule has 0 bridgehead atoms. The van der Waals surface area contributed by atoms with E-state index >= 15 is 0 Å². The van der Waals surface area contributed by atoms with E-state index in [0.29, 0.717) is 22.9 Å². The van der Waals surface area contributed by atoms with Gasteiger partial charge in [-0.05, 0) is 25.1 Å². The van der Waals surface area contributed by atoms with E-state index in [1.165, 1.54) is 0 Å². The molecule has 4 rings (SSSR count). The van der Waals surface area contributed by atoms with Crippen molar-refractivity contribution in [2.24, 2.45) is 0 Å². The number of anilines is 2. The van der Waals surface area contributed by atoms with Crippen molar-refractivity contribution in [3.8, 4) is 22.8 Å². The van der Waals surface area contributed by atoms with E-state index in [1.54, 1.807) is 29.5 Å². The highest BCUT2D eigenvalue weighted by Crippen LogP contribution is 2.34. The lowest BCUT2D eigenvalue weighted by Crippen LogP contribution is -2.19. The number of ether oxygens (including phenoxy) is 2. The van der Waals surface area contributed by atoms with Gasteiger partial charge >= 0.3 is 6.03 Å². The highest BCUT2D eigenvalue weighted by atomic mass is 32.1. The van der Waals surface area contributed by atoms with E-state index in [-0.39, 0.29) is 12.8 Å². The SMILES string of the molecule is Cc1nc(-c2ccccc2NC(=O)Nc2ccc3c(c2)OCO3)cs1. The second-order valence-corrected chi connectivity index (χ2v) is 6.51. The van der Waals surface area contributed by atoms with E-state index < -0.39 is 0 Å². The van der Waals surface area contributed by atoms with E-state index in [9.17, 15) is 4.79 Å². The lowest BCUT2D eigenvalue weighted by Gasteiger charge is -2.11. The molecule has 7 heteroatoms. The van der Waals surface area contributed by atoms with Crippen LogP contribution in [0.2, 0.25) is 0 Å². The summed E-state index contributed by atoms with van der Waals surface area (Å²) in [6, 6.07) is 12.5. The van der Waals surface area contributed by atoms with Gasteiger partial charge in [-0.15, -0.1) is 11.3 Å². The number of hydrogen-bond acceptors (Lipinski definition) is 5. The van der Waals surface area contributed by atoms with Crippen LogP contribution >= 0.6 is 11.3 Å².